The maximum Gasteiger partial charge on any atom is -0.0323 e. The monoisotopic (exact) mass is 152 g/mol. The van der Waals surface area contributed by atoms with Crippen molar-refractivity contribution in [2.24, 2.45) is 11.3 Å². The van der Waals surface area contributed by atoms with E-state index in [1.807, 2.05) is 0 Å². The van der Waals surface area contributed by atoms with Crippen LogP contribution in [0.3, 0.4) is 0 Å². The van der Waals surface area contributed by atoms with Crippen molar-refractivity contribution in [2.45, 2.75) is 58.3 Å². The van der Waals surface area contributed by atoms with Gasteiger partial charge in [-0.2, -0.15) is 0 Å². The lowest BCUT2D eigenvalue weighted by atomic mass is 9.72. The van der Waals surface area contributed by atoms with E-state index in [9.17, 15) is 0 Å². The summed E-state index contributed by atoms with van der Waals surface area (Å²) < 4.78 is 0. The zero-order valence-electron chi connectivity index (χ0n) is 7.73. The summed E-state index contributed by atoms with van der Waals surface area (Å²) in [6.07, 6.45) is 12.2. The first-order valence-electron chi connectivity index (χ1n) is 5.29. The van der Waals surface area contributed by atoms with Gasteiger partial charge in [0.1, 0.15) is 0 Å². The lowest BCUT2D eigenvalue weighted by Gasteiger charge is -2.33. The summed E-state index contributed by atoms with van der Waals surface area (Å²) in [5.74, 6) is 1.14. The standard InChI is InChI=1S/C11H20/c1-11(9-10-5-6-10)7-3-2-4-8-11/h10H,2-9H2,1H3. The van der Waals surface area contributed by atoms with Crippen LogP contribution in [0, 0.1) is 11.3 Å². The lowest BCUT2D eigenvalue weighted by molar-refractivity contribution is 0.188. The van der Waals surface area contributed by atoms with Gasteiger partial charge < -0.3 is 0 Å². The molecule has 0 aliphatic heterocycles. The summed E-state index contributed by atoms with van der Waals surface area (Å²) >= 11 is 0. The van der Waals surface area contributed by atoms with Gasteiger partial charge in [0, 0.05) is 0 Å². The minimum absolute atomic E-state index is 0.763. The van der Waals surface area contributed by atoms with Gasteiger partial charge in [-0.05, 0) is 30.6 Å². The second-order valence-corrected chi connectivity index (χ2v) is 5.02. The molecule has 0 atom stereocenters. The van der Waals surface area contributed by atoms with Crippen LogP contribution in [0.15, 0.2) is 0 Å². The van der Waals surface area contributed by atoms with E-state index in [4.69, 9.17) is 0 Å². The molecule has 0 aromatic rings. The smallest absolute Gasteiger partial charge is 0.0323 e. The normalized spacial score (nSPS) is 30.3. The lowest BCUT2D eigenvalue weighted by Crippen LogP contribution is -2.20. The molecule has 0 radical (unpaired) electrons. The van der Waals surface area contributed by atoms with Crippen LogP contribution in [0.2, 0.25) is 0 Å². The van der Waals surface area contributed by atoms with Gasteiger partial charge in [0.25, 0.3) is 0 Å². The van der Waals surface area contributed by atoms with Gasteiger partial charge in [-0.15, -0.1) is 0 Å². The summed E-state index contributed by atoms with van der Waals surface area (Å²) in [6, 6.07) is 0. The van der Waals surface area contributed by atoms with Gasteiger partial charge in [-0.1, -0.05) is 39.0 Å². The topological polar surface area (TPSA) is 0 Å². The van der Waals surface area contributed by atoms with Crippen molar-refractivity contribution < 1.29 is 0 Å². The molecule has 2 aliphatic rings. The Balaban J connectivity index is 1.84. The molecule has 0 heteroatoms. The van der Waals surface area contributed by atoms with E-state index in [2.05, 4.69) is 6.92 Å². The molecule has 0 aromatic carbocycles. The Labute approximate surface area is 70.4 Å². The Morgan fingerprint density at radius 1 is 1.09 bits per heavy atom. The molecule has 2 aliphatic carbocycles. The molecule has 0 amide bonds. The molecule has 2 fully saturated rings. The fourth-order valence-electron chi connectivity index (χ4n) is 2.63. The highest BCUT2D eigenvalue weighted by Crippen LogP contribution is 2.47. The summed E-state index contributed by atoms with van der Waals surface area (Å²) in [6.45, 7) is 2.52. The first-order valence-corrected chi connectivity index (χ1v) is 5.29. The molecule has 64 valence electrons. The first kappa shape index (κ1) is 7.64. The highest BCUT2D eigenvalue weighted by Gasteiger charge is 2.33. The summed E-state index contributed by atoms with van der Waals surface area (Å²) in [4.78, 5) is 0. The minimum Gasteiger partial charge on any atom is -0.0596 e. The second kappa shape index (κ2) is 2.80. The van der Waals surface area contributed by atoms with Crippen molar-refractivity contribution >= 4 is 0 Å². The molecule has 0 bridgehead atoms. The van der Waals surface area contributed by atoms with Gasteiger partial charge in [-0.3, -0.25) is 0 Å². The van der Waals surface area contributed by atoms with Crippen LogP contribution in [0.5, 0.6) is 0 Å². The molecule has 0 N–H and O–H groups in total. The number of hydrogen-bond donors (Lipinski definition) is 0. The Morgan fingerprint density at radius 3 is 2.27 bits per heavy atom. The molecule has 0 aromatic heterocycles. The third kappa shape index (κ3) is 1.98. The molecule has 0 nitrogen and oxygen atoms in total. The number of hydrogen-bond acceptors (Lipinski definition) is 0. The van der Waals surface area contributed by atoms with E-state index in [0.717, 1.165) is 11.3 Å². The molecule has 11 heavy (non-hydrogen) atoms. The SMILES string of the molecule is CC1(CC2CC2)CCCCC1. The van der Waals surface area contributed by atoms with E-state index in [0.29, 0.717) is 0 Å². The van der Waals surface area contributed by atoms with Crippen LogP contribution in [-0.4, -0.2) is 0 Å². The fraction of sp³-hybridized carbons (Fsp3) is 1.00. The number of rotatable bonds is 2. The Bertz CT molecular complexity index is 127. The van der Waals surface area contributed by atoms with Crippen LogP contribution >= 0.6 is 0 Å². The second-order valence-electron chi connectivity index (χ2n) is 5.02. The summed E-state index contributed by atoms with van der Waals surface area (Å²) in [7, 11) is 0. The highest BCUT2D eigenvalue weighted by atomic mass is 14.4. The average molecular weight is 152 g/mol. The quantitative estimate of drug-likeness (QED) is 0.565. The van der Waals surface area contributed by atoms with Gasteiger partial charge >= 0.3 is 0 Å². The van der Waals surface area contributed by atoms with Gasteiger partial charge in [0.2, 0.25) is 0 Å². The van der Waals surface area contributed by atoms with Crippen molar-refractivity contribution in [1.29, 1.82) is 0 Å². The highest BCUT2D eigenvalue weighted by molar-refractivity contribution is 4.85. The summed E-state index contributed by atoms with van der Waals surface area (Å²) in [5.41, 5.74) is 0.763. The van der Waals surface area contributed by atoms with E-state index in [1.54, 1.807) is 6.42 Å². The third-order valence-corrected chi connectivity index (χ3v) is 3.54. The zero-order chi connectivity index (χ0) is 7.73. The van der Waals surface area contributed by atoms with E-state index in [-0.39, 0.29) is 0 Å². The van der Waals surface area contributed by atoms with Gasteiger partial charge in [-0.25, -0.2) is 0 Å². The van der Waals surface area contributed by atoms with Crippen LogP contribution in [0.1, 0.15) is 58.3 Å². The molecule has 0 spiro atoms. The van der Waals surface area contributed by atoms with E-state index in [1.165, 1.54) is 44.9 Å². The van der Waals surface area contributed by atoms with Crippen LogP contribution in [-0.2, 0) is 0 Å². The van der Waals surface area contributed by atoms with Crippen LogP contribution in [0.4, 0.5) is 0 Å². The fourth-order valence-corrected chi connectivity index (χ4v) is 2.63. The van der Waals surface area contributed by atoms with E-state index < -0.39 is 0 Å². The summed E-state index contributed by atoms with van der Waals surface area (Å²) in [5, 5.41) is 0. The zero-order valence-corrected chi connectivity index (χ0v) is 7.73. The van der Waals surface area contributed by atoms with Crippen molar-refractivity contribution in [3.63, 3.8) is 0 Å². The average Bonchev–Trinajstić information content (AvgIpc) is 2.72. The molecule has 0 unspecified atom stereocenters. The third-order valence-electron chi connectivity index (χ3n) is 3.54. The van der Waals surface area contributed by atoms with Crippen molar-refractivity contribution in [1.82, 2.24) is 0 Å². The van der Waals surface area contributed by atoms with Crippen LogP contribution < -0.4 is 0 Å². The van der Waals surface area contributed by atoms with Crippen LogP contribution in [0.25, 0.3) is 0 Å². The maximum atomic E-state index is 2.52. The van der Waals surface area contributed by atoms with Crippen molar-refractivity contribution in [3.05, 3.63) is 0 Å². The Morgan fingerprint density at radius 2 is 1.73 bits per heavy atom. The van der Waals surface area contributed by atoms with Crippen molar-refractivity contribution in [3.8, 4) is 0 Å². The molecule has 0 saturated heterocycles. The predicted octanol–water partition coefficient (Wildman–Crippen LogP) is 3.76. The first-order chi connectivity index (χ1) is 5.29. The minimum atomic E-state index is 0.763. The van der Waals surface area contributed by atoms with Gasteiger partial charge in [0.15, 0.2) is 0 Å². The predicted molar refractivity (Wildman–Crippen MR) is 48.5 cm³/mol. The molecule has 0 heterocycles. The maximum absolute atomic E-state index is 2.52. The van der Waals surface area contributed by atoms with Crippen molar-refractivity contribution in [2.75, 3.05) is 0 Å². The van der Waals surface area contributed by atoms with Gasteiger partial charge in [0.05, 0.1) is 0 Å². The molecular formula is C11H20. The Kier molecular flexibility index (Phi) is 1.95. The Hall–Kier alpha value is 0. The largest absolute Gasteiger partial charge is 0.0596 e. The molecule has 2 rings (SSSR count). The molecule has 2 saturated carbocycles. The van der Waals surface area contributed by atoms with E-state index >= 15 is 0 Å². The molecular weight excluding hydrogens is 132 g/mol.